The summed E-state index contributed by atoms with van der Waals surface area (Å²) >= 11 is 7.24. The molecule has 0 aliphatic carbocycles. The van der Waals surface area contributed by atoms with Crippen molar-refractivity contribution in [3.63, 3.8) is 0 Å². The number of nitrogens with zero attached hydrogens (tertiary/aromatic N) is 1. The van der Waals surface area contributed by atoms with Gasteiger partial charge < -0.3 is 4.57 Å². The molecule has 0 saturated carbocycles. The summed E-state index contributed by atoms with van der Waals surface area (Å²) in [5.41, 5.74) is 3.18. The molecule has 0 aliphatic heterocycles. The predicted octanol–water partition coefficient (Wildman–Crippen LogP) is 7.04. The lowest BCUT2D eigenvalue weighted by atomic mass is 10.0. The van der Waals surface area contributed by atoms with Gasteiger partial charge >= 0.3 is 0 Å². The molecule has 4 heteroatoms. The van der Waals surface area contributed by atoms with E-state index in [0.717, 1.165) is 25.7 Å². The normalized spacial score (nSPS) is 12.0. The van der Waals surface area contributed by atoms with Gasteiger partial charge in [0.05, 0.1) is 11.0 Å². The Hall–Kier alpha value is -1.91. The average molecular weight is 443 g/mol. The van der Waals surface area contributed by atoms with Crippen LogP contribution in [-0.2, 0) is 0 Å². The van der Waals surface area contributed by atoms with Crippen LogP contribution in [0.25, 0.3) is 38.3 Å². The lowest BCUT2D eigenvalue weighted by molar-refractivity contribution is 0.627. The molecule has 5 aromatic rings. The van der Waals surface area contributed by atoms with Crippen LogP contribution in [0.5, 0.6) is 0 Å². The van der Waals surface area contributed by atoms with Gasteiger partial charge in [-0.15, -0.1) is 0 Å². The maximum atomic E-state index is 13.4. The van der Waals surface area contributed by atoms with Gasteiger partial charge in [-0.25, -0.2) is 4.39 Å². The number of aromatic nitrogens is 1. The lowest BCUT2D eigenvalue weighted by Crippen LogP contribution is -1.93. The van der Waals surface area contributed by atoms with Crippen LogP contribution in [0, 0.1) is 5.82 Å². The Balaban J connectivity index is 2.07. The Morgan fingerprint density at radius 1 is 0.667 bits per heavy atom. The fraction of sp³-hybridized carbons (Fsp3) is 0. The summed E-state index contributed by atoms with van der Waals surface area (Å²) in [6.07, 6.45) is 0. The van der Waals surface area contributed by atoms with Gasteiger partial charge in [0, 0.05) is 25.4 Å². The Morgan fingerprint density at radius 2 is 1.17 bits per heavy atom. The summed E-state index contributed by atoms with van der Waals surface area (Å²) in [7, 11) is 0. The molecule has 0 saturated heterocycles. The molecule has 0 bridgehead atoms. The van der Waals surface area contributed by atoms with Crippen LogP contribution < -0.4 is 0 Å². The van der Waals surface area contributed by atoms with Crippen LogP contribution in [0.15, 0.2) is 69.6 Å². The van der Waals surface area contributed by atoms with Gasteiger partial charge in [0.2, 0.25) is 0 Å². The van der Waals surface area contributed by atoms with E-state index in [1.165, 1.54) is 33.7 Å². The number of hydrogen-bond acceptors (Lipinski definition) is 0. The van der Waals surface area contributed by atoms with Crippen molar-refractivity contribution in [3.05, 3.63) is 75.4 Å². The summed E-state index contributed by atoms with van der Waals surface area (Å²) < 4.78 is 17.6. The summed E-state index contributed by atoms with van der Waals surface area (Å²) in [6, 6.07) is 19.5. The van der Waals surface area contributed by atoms with Crippen molar-refractivity contribution in [2.75, 3.05) is 0 Å². The minimum Gasteiger partial charge on any atom is -0.309 e. The molecule has 5 rings (SSSR count). The average Bonchev–Trinajstić information content (AvgIpc) is 2.87. The van der Waals surface area contributed by atoms with Crippen molar-refractivity contribution in [2.45, 2.75) is 0 Å². The molecule has 0 amide bonds. The highest BCUT2D eigenvalue weighted by atomic mass is 79.9. The first kappa shape index (κ1) is 14.4. The molecule has 0 aliphatic rings. The molecule has 1 nitrogen and oxygen atoms in total. The van der Waals surface area contributed by atoms with Crippen LogP contribution in [-0.4, -0.2) is 4.57 Å². The zero-order valence-corrected chi connectivity index (χ0v) is 15.5. The molecule has 0 atom stereocenters. The maximum Gasteiger partial charge on any atom is 0.123 e. The molecule has 1 heterocycles. The Labute approximate surface area is 154 Å². The molecule has 0 fully saturated rings. The highest BCUT2D eigenvalue weighted by molar-refractivity contribution is 9.10. The summed E-state index contributed by atoms with van der Waals surface area (Å²) in [5, 5.41) is 4.87. The second-order valence-corrected chi connectivity index (χ2v) is 7.75. The van der Waals surface area contributed by atoms with Crippen LogP contribution in [0.3, 0.4) is 0 Å². The van der Waals surface area contributed by atoms with E-state index >= 15 is 0 Å². The van der Waals surface area contributed by atoms with Crippen molar-refractivity contribution >= 4 is 64.4 Å². The highest BCUT2D eigenvalue weighted by Gasteiger charge is 2.17. The third kappa shape index (κ3) is 1.96. The smallest absolute Gasteiger partial charge is 0.123 e. The molecule has 116 valence electrons. The summed E-state index contributed by atoms with van der Waals surface area (Å²) in [6.45, 7) is 0. The van der Waals surface area contributed by atoms with E-state index in [9.17, 15) is 4.39 Å². The van der Waals surface area contributed by atoms with Crippen LogP contribution in [0.1, 0.15) is 0 Å². The minimum absolute atomic E-state index is 0.228. The predicted molar refractivity (Wildman–Crippen MR) is 105 cm³/mol. The molecule has 0 unspecified atom stereocenters. The van der Waals surface area contributed by atoms with Crippen molar-refractivity contribution in [3.8, 4) is 5.69 Å². The Kier molecular flexibility index (Phi) is 3.03. The SMILES string of the molecule is Fc1ccc(-n2c3cc(Br)cc4ccc5cc(Br)cc2c5c43)cc1. The summed E-state index contributed by atoms with van der Waals surface area (Å²) in [5.74, 6) is -0.228. The standard InChI is InChI=1S/C20H10Br2FN/c21-13-7-11-1-2-12-8-14(22)10-18-20(12)19(11)17(9-13)24(18)16-5-3-15(23)4-6-16/h1-10H. The van der Waals surface area contributed by atoms with Crippen LogP contribution in [0.2, 0.25) is 0 Å². The van der Waals surface area contributed by atoms with Gasteiger partial charge in [0.1, 0.15) is 5.82 Å². The minimum atomic E-state index is -0.228. The van der Waals surface area contributed by atoms with Gasteiger partial charge in [-0.1, -0.05) is 44.0 Å². The number of rotatable bonds is 1. The monoisotopic (exact) mass is 441 g/mol. The lowest BCUT2D eigenvalue weighted by Gasteiger charge is -2.08. The molecule has 0 N–H and O–H groups in total. The Morgan fingerprint density at radius 3 is 1.67 bits per heavy atom. The molecule has 1 aromatic heterocycles. The van der Waals surface area contributed by atoms with Gasteiger partial charge in [-0.3, -0.25) is 0 Å². The van der Waals surface area contributed by atoms with E-state index in [0.29, 0.717) is 0 Å². The first-order valence-electron chi connectivity index (χ1n) is 7.53. The van der Waals surface area contributed by atoms with Gasteiger partial charge in [-0.2, -0.15) is 0 Å². The van der Waals surface area contributed by atoms with E-state index in [-0.39, 0.29) is 5.82 Å². The Bertz CT molecular complexity index is 1150. The van der Waals surface area contributed by atoms with Gasteiger partial charge in [-0.05, 0) is 59.3 Å². The van der Waals surface area contributed by atoms with E-state index in [1.54, 1.807) is 0 Å². The maximum absolute atomic E-state index is 13.4. The van der Waals surface area contributed by atoms with Crippen molar-refractivity contribution in [1.29, 1.82) is 0 Å². The van der Waals surface area contributed by atoms with E-state index in [2.05, 4.69) is 72.8 Å². The number of halogens is 3. The van der Waals surface area contributed by atoms with Gasteiger partial charge in [0.15, 0.2) is 0 Å². The number of benzene rings is 4. The van der Waals surface area contributed by atoms with E-state index < -0.39 is 0 Å². The van der Waals surface area contributed by atoms with Crippen molar-refractivity contribution in [2.24, 2.45) is 0 Å². The van der Waals surface area contributed by atoms with Crippen molar-refractivity contribution < 1.29 is 4.39 Å². The van der Waals surface area contributed by atoms with Gasteiger partial charge in [0.25, 0.3) is 0 Å². The first-order valence-corrected chi connectivity index (χ1v) is 9.12. The highest BCUT2D eigenvalue weighted by Crippen LogP contribution is 2.41. The zero-order valence-electron chi connectivity index (χ0n) is 12.4. The van der Waals surface area contributed by atoms with E-state index in [1.807, 2.05) is 12.1 Å². The molecular weight excluding hydrogens is 433 g/mol. The van der Waals surface area contributed by atoms with Crippen molar-refractivity contribution in [1.82, 2.24) is 4.57 Å². The topological polar surface area (TPSA) is 4.93 Å². The second-order valence-electron chi connectivity index (χ2n) is 5.92. The largest absolute Gasteiger partial charge is 0.309 e. The molecule has 24 heavy (non-hydrogen) atoms. The van der Waals surface area contributed by atoms with Crippen LogP contribution in [0.4, 0.5) is 4.39 Å². The quantitative estimate of drug-likeness (QED) is 0.245. The zero-order chi connectivity index (χ0) is 16.4. The first-order chi connectivity index (χ1) is 11.6. The van der Waals surface area contributed by atoms with Crippen LogP contribution >= 0.6 is 31.9 Å². The molecule has 0 spiro atoms. The fourth-order valence-corrected chi connectivity index (χ4v) is 4.49. The molecular formula is C20H10Br2FN. The fourth-order valence-electron chi connectivity index (χ4n) is 3.56. The number of hydrogen-bond donors (Lipinski definition) is 0. The second kappa shape index (κ2) is 5.04. The molecule has 4 aromatic carbocycles. The summed E-state index contributed by atoms with van der Waals surface area (Å²) in [4.78, 5) is 0. The molecule has 0 radical (unpaired) electrons. The third-order valence-electron chi connectivity index (χ3n) is 4.48. The third-order valence-corrected chi connectivity index (χ3v) is 5.40. The van der Waals surface area contributed by atoms with E-state index in [4.69, 9.17) is 0 Å².